The van der Waals surface area contributed by atoms with Crippen LogP contribution in [-0.4, -0.2) is 38.0 Å². The van der Waals surface area contributed by atoms with Crippen molar-refractivity contribution in [2.24, 2.45) is 7.05 Å². The molecule has 1 atom stereocenters. The molecule has 0 fully saturated rings. The minimum Gasteiger partial charge on any atom is -0.383 e. The molecule has 1 aromatic rings. The molecule has 0 spiro atoms. The average molecular weight is 262 g/mol. The topological polar surface area (TPSA) is 99.2 Å². The highest BCUT2D eigenvalue weighted by Crippen LogP contribution is 2.16. The quantitative estimate of drug-likeness (QED) is 0.733. The Bertz CT molecular complexity index is 469. The normalized spacial score (nSPS) is 13.8. The van der Waals surface area contributed by atoms with Gasteiger partial charge >= 0.3 is 0 Å². The lowest BCUT2D eigenvalue weighted by molar-refractivity contribution is 0.173. The molecule has 7 nitrogen and oxygen atoms in total. The number of nitrogens with two attached hydrogens (primary N) is 1. The first-order valence-corrected chi connectivity index (χ1v) is 6.69. The number of nitrogens with zero attached hydrogens (tertiary/aromatic N) is 2. The minimum atomic E-state index is -3.64. The van der Waals surface area contributed by atoms with E-state index in [1.807, 2.05) is 6.92 Å². The van der Waals surface area contributed by atoms with Crippen molar-refractivity contribution in [3.8, 4) is 0 Å². The number of hydrogen-bond acceptors (Lipinski definition) is 5. The maximum atomic E-state index is 12.0. The predicted molar refractivity (Wildman–Crippen MR) is 63.9 cm³/mol. The highest BCUT2D eigenvalue weighted by Gasteiger charge is 2.23. The molecule has 1 heterocycles. The zero-order valence-corrected chi connectivity index (χ0v) is 11.0. The van der Waals surface area contributed by atoms with E-state index in [0.717, 1.165) is 0 Å². The summed E-state index contributed by atoms with van der Waals surface area (Å²) in [7, 11) is -0.506. The molecule has 98 valence electrons. The molecule has 0 bridgehead atoms. The lowest BCUT2D eigenvalue weighted by atomic mass is 10.3. The summed E-state index contributed by atoms with van der Waals surface area (Å²) >= 11 is 0. The molecule has 17 heavy (non-hydrogen) atoms. The third-order valence-corrected chi connectivity index (χ3v) is 3.83. The summed E-state index contributed by atoms with van der Waals surface area (Å²) in [6.45, 7) is 2.19. The van der Waals surface area contributed by atoms with E-state index >= 15 is 0 Å². The zero-order chi connectivity index (χ0) is 13.1. The van der Waals surface area contributed by atoms with Crippen LogP contribution in [0.2, 0.25) is 0 Å². The number of aryl methyl sites for hydroxylation is 1. The first-order chi connectivity index (χ1) is 7.90. The SMILES string of the molecule is CCC(COC)NS(=O)(=O)c1cn(C)nc1N. The van der Waals surface area contributed by atoms with Gasteiger partial charge in [-0.15, -0.1) is 0 Å². The summed E-state index contributed by atoms with van der Waals surface area (Å²) in [4.78, 5) is -0.00504. The van der Waals surface area contributed by atoms with Crippen LogP contribution in [0, 0.1) is 0 Å². The number of nitrogens with one attached hydrogen (secondary N) is 1. The fourth-order valence-electron chi connectivity index (χ4n) is 1.41. The number of anilines is 1. The number of ether oxygens (including phenoxy) is 1. The number of hydrogen-bond donors (Lipinski definition) is 2. The van der Waals surface area contributed by atoms with Crippen LogP contribution in [0.15, 0.2) is 11.1 Å². The molecule has 1 aromatic heterocycles. The molecule has 0 aliphatic rings. The maximum absolute atomic E-state index is 12.0. The van der Waals surface area contributed by atoms with Crippen molar-refractivity contribution in [3.05, 3.63) is 6.20 Å². The lowest BCUT2D eigenvalue weighted by Gasteiger charge is -2.15. The smallest absolute Gasteiger partial charge is 0.246 e. The number of aromatic nitrogens is 2. The molecular weight excluding hydrogens is 244 g/mol. The van der Waals surface area contributed by atoms with Gasteiger partial charge in [-0.3, -0.25) is 4.68 Å². The molecule has 1 unspecified atom stereocenters. The molecule has 0 saturated heterocycles. The van der Waals surface area contributed by atoms with Crippen molar-refractivity contribution in [1.29, 1.82) is 0 Å². The first kappa shape index (κ1) is 13.9. The minimum absolute atomic E-state index is 0.00504. The molecule has 0 saturated carbocycles. The summed E-state index contributed by atoms with van der Waals surface area (Å²) in [5.41, 5.74) is 5.54. The second kappa shape index (κ2) is 5.48. The van der Waals surface area contributed by atoms with Gasteiger partial charge in [-0.1, -0.05) is 6.92 Å². The van der Waals surface area contributed by atoms with E-state index in [1.54, 1.807) is 7.05 Å². The average Bonchev–Trinajstić information content (AvgIpc) is 2.57. The van der Waals surface area contributed by atoms with E-state index in [9.17, 15) is 8.42 Å². The Labute approximate surface area is 101 Å². The van der Waals surface area contributed by atoms with Crippen molar-refractivity contribution in [2.75, 3.05) is 19.5 Å². The van der Waals surface area contributed by atoms with Gasteiger partial charge in [-0.05, 0) is 6.42 Å². The van der Waals surface area contributed by atoms with Gasteiger partial charge in [0.1, 0.15) is 4.90 Å². The van der Waals surface area contributed by atoms with Crippen LogP contribution in [-0.2, 0) is 21.8 Å². The van der Waals surface area contributed by atoms with Crippen LogP contribution in [0.4, 0.5) is 5.82 Å². The van der Waals surface area contributed by atoms with Gasteiger partial charge in [0.15, 0.2) is 5.82 Å². The Kier molecular flexibility index (Phi) is 4.49. The van der Waals surface area contributed by atoms with Crippen LogP contribution in [0.1, 0.15) is 13.3 Å². The van der Waals surface area contributed by atoms with Crippen LogP contribution in [0.3, 0.4) is 0 Å². The third kappa shape index (κ3) is 3.42. The molecular formula is C9H18N4O3S. The van der Waals surface area contributed by atoms with Crippen LogP contribution in [0.5, 0.6) is 0 Å². The molecule has 0 aromatic carbocycles. The molecule has 8 heteroatoms. The Hall–Kier alpha value is -1.12. The van der Waals surface area contributed by atoms with Gasteiger partial charge in [0.05, 0.1) is 6.61 Å². The standard InChI is InChI=1S/C9H18N4O3S/c1-4-7(6-16-3)12-17(14,15)8-5-13(2)11-9(8)10/h5,7,12H,4,6H2,1-3H3,(H2,10,11). The molecule has 3 N–H and O–H groups in total. The van der Waals surface area contributed by atoms with Crippen molar-refractivity contribution in [3.63, 3.8) is 0 Å². The second-order valence-corrected chi connectivity index (χ2v) is 5.42. The summed E-state index contributed by atoms with van der Waals surface area (Å²) in [6.07, 6.45) is 2.00. The monoisotopic (exact) mass is 262 g/mol. The summed E-state index contributed by atoms with van der Waals surface area (Å²) in [6, 6.07) is -0.274. The molecule has 0 aliphatic carbocycles. The van der Waals surface area contributed by atoms with Gasteiger partial charge < -0.3 is 10.5 Å². The molecule has 0 radical (unpaired) electrons. The summed E-state index contributed by atoms with van der Waals surface area (Å²) < 4.78 is 32.8. The van der Waals surface area contributed by atoms with E-state index in [-0.39, 0.29) is 16.8 Å². The van der Waals surface area contributed by atoms with Crippen molar-refractivity contribution in [1.82, 2.24) is 14.5 Å². The van der Waals surface area contributed by atoms with E-state index in [4.69, 9.17) is 10.5 Å². The Morgan fingerprint density at radius 2 is 2.29 bits per heavy atom. The van der Waals surface area contributed by atoms with E-state index in [1.165, 1.54) is 18.0 Å². The Morgan fingerprint density at radius 3 is 2.71 bits per heavy atom. The van der Waals surface area contributed by atoms with Crippen LogP contribution in [0.25, 0.3) is 0 Å². The molecule has 0 amide bonds. The lowest BCUT2D eigenvalue weighted by Crippen LogP contribution is -2.37. The van der Waals surface area contributed by atoms with Gasteiger partial charge in [0.2, 0.25) is 10.0 Å². The van der Waals surface area contributed by atoms with Crippen LogP contribution < -0.4 is 10.5 Å². The van der Waals surface area contributed by atoms with Crippen molar-refractivity contribution < 1.29 is 13.2 Å². The van der Waals surface area contributed by atoms with Gasteiger partial charge in [-0.2, -0.15) is 5.10 Å². The number of rotatable bonds is 6. The van der Waals surface area contributed by atoms with Gasteiger partial charge in [0.25, 0.3) is 0 Å². The Balaban J connectivity index is 2.92. The number of nitrogen functional groups attached to an aromatic ring is 1. The summed E-state index contributed by atoms with van der Waals surface area (Å²) in [5, 5.41) is 3.80. The fourth-order valence-corrected chi connectivity index (χ4v) is 2.82. The van der Waals surface area contributed by atoms with Crippen LogP contribution >= 0.6 is 0 Å². The fraction of sp³-hybridized carbons (Fsp3) is 0.667. The van der Waals surface area contributed by atoms with Crippen molar-refractivity contribution >= 4 is 15.8 Å². The highest BCUT2D eigenvalue weighted by atomic mass is 32.2. The zero-order valence-electron chi connectivity index (χ0n) is 10.2. The van der Waals surface area contributed by atoms with E-state index < -0.39 is 10.0 Å². The number of sulfonamides is 1. The van der Waals surface area contributed by atoms with Gasteiger partial charge in [-0.25, -0.2) is 13.1 Å². The maximum Gasteiger partial charge on any atom is 0.246 e. The van der Waals surface area contributed by atoms with Crippen molar-refractivity contribution in [2.45, 2.75) is 24.3 Å². The second-order valence-electron chi connectivity index (χ2n) is 3.73. The first-order valence-electron chi connectivity index (χ1n) is 5.21. The Morgan fingerprint density at radius 1 is 1.65 bits per heavy atom. The summed E-state index contributed by atoms with van der Waals surface area (Å²) in [5.74, 6) is -0.00716. The predicted octanol–water partition coefficient (Wildman–Crippen LogP) is -0.294. The largest absolute Gasteiger partial charge is 0.383 e. The van der Waals surface area contributed by atoms with Gasteiger partial charge in [0, 0.05) is 26.4 Å². The number of methoxy groups -OCH3 is 1. The third-order valence-electron chi connectivity index (χ3n) is 2.29. The van der Waals surface area contributed by atoms with E-state index in [0.29, 0.717) is 13.0 Å². The molecule has 0 aliphatic heterocycles. The van der Waals surface area contributed by atoms with E-state index in [2.05, 4.69) is 9.82 Å². The molecule has 1 rings (SSSR count). The highest BCUT2D eigenvalue weighted by molar-refractivity contribution is 7.89.